The second-order valence-electron chi connectivity index (χ2n) is 4.58. The zero-order valence-electron chi connectivity index (χ0n) is 10.5. The van der Waals surface area contributed by atoms with Crippen molar-refractivity contribution in [1.29, 1.82) is 0 Å². The number of thiazole rings is 1. The number of aryl methyl sites for hydroxylation is 1. The normalized spacial score (nSPS) is 16.4. The van der Waals surface area contributed by atoms with E-state index < -0.39 is 0 Å². The minimum Gasteiger partial charge on any atom is -0.327 e. The number of halogens is 1. The largest absolute Gasteiger partial charge is 0.327 e. The van der Waals surface area contributed by atoms with Crippen LogP contribution in [0.5, 0.6) is 0 Å². The molecule has 1 atom stereocenters. The van der Waals surface area contributed by atoms with Crippen molar-refractivity contribution in [3.05, 3.63) is 46.2 Å². The van der Waals surface area contributed by atoms with Gasteiger partial charge in [0, 0.05) is 16.6 Å². The number of fused-ring (bicyclic) bond motifs is 1. The van der Waals surface area contributed by atoms with Gasteiger partial charge in [0.05, 0.1) is 0 Å². The number of hydrogen-bond donors (Lipinski definition) is 1. The summed E-state index contributed by atoms with van der Waals surface area (Å²) in [5, 5.41) is 10.6. The Balaban J connectivity index is 1.68. The highest BCUT2D eigenvalue weighted by molar-refractivity contribution is 7.09. The SMILES string of the molecule is Cc1csc(C2Nc3nc(-c4ccc(F)cc4)nn32)n1. The van der Waals surface area contributed by atoms with Gasteiger partial charge in [0.25, 0.3) is 0 Å². The molecule has 100 valence electrons. The molecule has 1 aromatic carbocycles. The first kappa shape index (κ1) is 11.5. The van der Waals surface area contributed by atoms with E-state index in [4.69, 9.17) is 0 Å². The predicted octanol–water partition coefficient (Wildman–Crippen LogP) is 2.82. The fourth-order valence-corrected chi connectivity index (χ4v) is 2.93. The Labute approximate surface area is 118 Å². The number of nitrogens with zero attached hydrogens (tertiary/aromatic N) is 4. The summed E-state index contributed by atoms with van der Waals surface area (Å²) in [7, 11) is 0. The van der Waals surface area contributed by atoms with E-state index in [2.05, 4.69) is 20.4 Å². The highest BCUT2D eigenvalue weighted by Crippen LogP contribution is 2.34. The Morgan fingerprint density at radius 1 is 1.25 bits per heavy atom. The molecule has 1 aliphatic heterocycles. The van der Waals surface area contributed by atoms with E-state index in [0.717, 1.165) is 16.3 Å². The summed E-state index contributed by atoms with van der Waals surface area (Å²) in [5.74, 6) is 1.03. The maximum absolute atomic E-state index is 12.9. The zero-order valence-corrected chi connectivity index (χ0v) is 11.4. The second-order valence-corrected chi connectivity index (χ2v) is 5.47. The first-order valence-electron chi connectivity index (χ1n) is 6.12. The fourth-order valence-electron chi connectivity index (χ4n) is 2.10. The number of hydrogen-bond acceptors (Lipinski definition) is 5. The van der Waals surface area contributed by atoms with E-state index in [0.29, 0.717) is 11.8 Å². The Morgan fingerprint density at radius 2 is 2.05 bits per heavy atom. The van der Waals surface area contributed by atoms with Crippen LogP contribution in [0.1, 0.15) is 16.9 Å². The third kappa shape index (κ3) is 1.70. The molecule has 2 aromatic heterocycles. The minimum atomic E-state index is -0.266. The quantitative estimate of drug-likeness (QED) is 0.787. The van der Waals surface area contributed by atoms with Crippen LogP contribution in [-0.4, -0.2) is 19.7 Å². The standard InChI is InChI=1S/C13H10FN5S/c1-7-6-20-12(15-7)11-17-13-16-10(18-19(11)13)8-2-4-9(14)5-3-8/h2-6,11H,1H3,(H,16,17,18). The van der Waals surface area contributed by atoms with E-state index in [1.807, 2.05) is 12.3 Å². The van der Waals surface area contributed by atoms with E-state index >= 15 is 0 Å². The number of nitrogens with one attached hydrogen (secondary N) is 1. The van der Waals surface area contributed by atoms with Crippen LogP contribution in [0.3, 0.4) is 0 Å². The van der Waals surface area contributed by atoms with E-state index in [-0.39, 0.29) is 12.0 Å². The molecule has 0 spiro atoms. The minimum absolute atomic E-state index is 0.0506. The van der Waals surface area contributed by atoms with Crippen molar-refractivity contribution < 1.29 is 4.39 Å². The van der Waals surface area contributed by atoms with Gasteiger partial charge in [-0.05, 0) is 31.2 Å². The van der Waals surface area contributed by atoms with Gasteiger partial charge < -0.3 is 5.32 Å². The summed E-state index contributed by atoms with van der Waals surface area (Å²) in [6.07, 6.45) is -0.0506. The van der Waals surface area contributed by atoms with Crippen LogP contribution >= 0.6 is 11.3 Å². The number of benzene rings is 1. The molecule has 3 aromatic rings. The average molecular weight is 287 g/mol. The third-order valence-electron chi connectivity index (χ3n) is 3.11. The van der Waals surface area contributed by atoms with Gasteiger partial charge in [-0.2, -0.15) is 4.98 Å². The molecular formula is C13H10FN5S. The van der Waals surface area contributed by atoms with Crippen molar-refractivity contribution in [3.63, 3.8) is 0 Å². The van der Waals surface area contributed by atoms with E-state index in [1.54, 1.807) is 28.2 Å². The summed E-state index contributed by atoms with van der Waals surface area (Å²) in [6.45, 7) is 1.96. The Kier molecular flexibility index (Phi) is 2.37. The third-order valence-corrected chi connectivity index (χ3v) is 4.13. The van der Waals surface area contributed by atoms with Gasteiger partial charge in [-0.1, -0.05) is 0 Å². The van der Waals surface area contributed by atoms with Gasteiger partial charge in [0.1, 0.15) is 10.8 Å². The van der Waals surface area contributed by atoms with Gasteiger partial charge in [0.15, 0.2) is 12.0 Å². The molecule has 1 aliphatic rings. The van der Waals surface area contributed by atoms with Crippen LogP contribution in [-0.2, 0) is 0 Å². The van der Waals surface area contributed by atoms with Crippen LogP contribution in [0, 0.1) is 12.7 Å². The van der Waals surface area contributed by atoms with Crippen molar-refractivity contribution in [2.75, 3.05) is 5.32 Å². The molecule has 0 radical (unpaired) electrons. The van der Waals surface area contributed by atoms with Crippen LogP contribution in [0.25, 0.3) is 11.4 Å². The topological polar surface area (TPSA) is 55.6 Å². The predicted molar refractivity (Wildman–Crippen MR) is 74.0 cm³/mol. The molecule has 4 rings (SSSR count). The molecule has 0 bridgehead atoms. The molecule has 0 saturated heterocycles. The van der Waals surface area contributed by atoms with Gasteiger partial charge in [0.2, 0.25) is 5.95 Å². The Hall–Kier alpha value is -2.28. The lowest BCUT2D eigenvalue weighted by atomic mass is 10.2. The molecule has 1 N–H and O–H groups in total. The van der Waals surface area contributed by atoms with Crippen LogP contribution < -0.4 is 5.32 Å². The second kappa shape index (κ2) is 4.11. The molecule has 5 nitrogen and oxygen atoms in total. The van der Waals surface area contributed by atoms with Crippen molar-refractivity contribution in [2.24, 2.45) is 0 Å². The number of aromatic nitrogens is 4. The summed E-state index contributed by atoms with van der Waals surface area (Å²) in [4.78, 5) is 8.82. The summed E-state index contributed by atoms with van der Waals surface area (Å²) in [6, 6.07) is 6.16. The number of rotatable bonds is 2. The lowest BCUT2D eigenvalue weighted by molar-refractivity contribution is 0.508. The molecule has 0 amide bonds. The van der Waals surface area contributed by atoms with Gasteiger partial charge in [-0.15, -0.1) is 16.4 Å². The monoisotopic (exact) mass is 287 g/mol. The van der Waals surface area contributed by atoms with Crippen molar-refractivity contribution in [3.8, 4) is 11.4 Å². The lowest BCUT2D eigenvalue weighted by Gasteiger charge is -2.26. The molecule has 0 saturated carbocycles. The molecular weight excluding hydrogens is 277 g/mol. The Morgan fingerprint density at radius 3 is 2.75 bits per heavy atom. The van der Waals surface area contributed by atoms with Gasteiger partial charge >= 0.3 is 0 Å². The zero-order chi connectivity index (χ0) is 13.7. The van der Waals surface area contributed by atoms with E-state index in [1.165, 1.54) is 12.1 Å². The molecule has 0 aliphatic carbocycles. The van der Waals surface area contributed by atoms with Crippen molar-refractivity contribution in [2.45, 2.75) is 13.1 Å². The molecule has 1 unspecified atom stereocenters. The van der Waals surface area contributed by atoms with Gasteiger partial charge in [-0.25, -0.2) is 14.1 Å². The lowest BCUT2D eigenvalue weighted by Crippen LogP contribution is -2.32. The smallest absolute Gasteiger partial charge is 0.226 e. The molecule has 20 heavy (non-hydrogen) atoms. The maximum atomic E-state index is 12.9. The summed E-state index contributed by atoms with van der Waals surface area (Å²) in [5.41, 5.74) is 1.79. The van der Waals surface area contributed by atoms with Gasteiger partial charge in [-0.3, -0.25) is 0 Å². The van der Waals surface area contributed by atoms with Crippen LogP contribution in [0.15, 0.2) is 29.6 Å². The first-order valence-corrected chi connectivity index (χ1v) is 7.00. The number of anilines is 1. The van der Waals surface area contributed by atoms with E-state index in [9.17, 15) is 4.39 Å². The highest BCUT2D eigenvalue weighted by atomic mass is 32.1. The molecule has 7 heteroatoms. The van der Waals surface area contributed by atoms with Crippen LogP contribution in [0.2, 0.25) is 0 Å². The van der Waals surface area contributed by atoms with Crippen molar-refractivity contribution in [1.82, 2.24) is 19.7 Å². The summed E-state index contributed by atoms with van der Waals surface area (Å²) >= 11 is 1.59. The molecule has 0 fully saturated rings. The fraction of sp³-hybridized carbons (Fsp3) is 0.154. The maximum Gasteiger partial charge on any atom is 0.226 e. The molecule has 3 heterocycles. The summed E-state index contributed by atoms with van der Waals surface area (Å²) < 4.78 is 14.7. The average Bonchev–Trinajstić information content (AvgIpc) is 2.97. The highest BCUT2D eigenvalue weighted by Gasteiger charge is 2.32. The van der Waals surface area contributed by atoms with Crippen LogP contribution in [0.4, 0.5) is 10.3 Å². The Bertz CT molecular complexity index is 776. The first-order chi connectivity index (χ1) is 9.70. The van der Waals surface area contributed by atoms with Crippen molar-refractivity contribution >= 4 is 17.3 Å².